The first-order valence-electron chi connectivity index (χ1n) is 10.6. The van der Waals surface area contributed by atoms with Crippen LogP contribution in [0.1, 0.15) is 90.0 Å². The number of ether oxygens (including phenoxy) is 1. The number of hydrogen-bond donors (Lipinski definition) is 0. The lowest BCUT2D eigenvalue weighted by atomic mass is 10.1. The van der Waals surface area contributed by atoms with Gasteiger partial charge in [-0.25, -0.2) is 0 Å². The minimum Gasteiger partial charge on any atom is -0.374 e. The molecule has 0 N–H and O–H groups in total. The number of unbranched alkanes of at least 4 members (excludes halogenated alkanes) is 9. The van der Waals surface area contributed by atoms with E-state index in [9.17, 15) is 0 Å². The smallest absolute Gasteiger partial charge is 0.0727 e. The van der Waals surface area contributed by atoms with Crippen molar-refractivity contribution in [2.45, 2.75) is 97.0 Å². The summed E-state index contributed by atoms with van der Waals surface area (Å²) >= 11 is 0. The first-order valence-corrected chi connectivity index (χ1v) is 10.6. The predicted molar refractivity (Wildman–Crippen MR) is 111 cm³/mol. The van der Waals surface area contributed by atoms with Gasteiger partial charge >= 0.3 is 0 Å². The molecule has 1 heteroatoms. The van der Waals surface area contributed by atoms with Crippen molar-refractivity contribution in [1.29, 1.82) is 0 Å². The Morgan fingerprint density at radius 2 is 1.44 bits per heavy atom. The van der Waals surface area contributed by atoms with Crippen molar-refractivity contribution in [1.82, 2.24) is 0 Å². The van der Waals surface area contributed by atoms with Crippen LogP contribution in [0.2, 0.25) is 0 Å². The van der Waals surface area contributed by atoms with Crippen molar-refractivity contribution in [3.05, 3.63) is 48.0 Å². The first kappa shape index (κ1) is 22.0. The molecule has 142 valence electrons. The maximum absolute atomic E-state index is 5.88. The van der Waals surface area contributed by atoms with Gasteiger partial charge in [-0.15, -0.1) is 0 Å². The van der Waals surface area contributed by atoms with Crippen LogP contribution in [0.5, 0.6) is 0 Å². The third kappa shape index (κ3) is 13.8. The zero-order chi connectivity index (χ0) is 18.0. The van der Waals surface area contributed by atoms with E-state index in [-0.39, 0.29) is 6.10 Å². The van der Waals surface area contributed by atoms with Crippen LogP contribution in [-0.4, -0.2) is 12.7 Å². The summed E-state index contributed by atoms with van der Waals surface area (Å²) in [5, 5.41) is 0. The molecule has 0 radical (unpaired) electrons. The molecule has 0 saturated heterocycles. The van der Waals surface area contributed by atoms with Gasteiger partial charge in [-0.05, 0) is 31.7 Å². The Hall–Kier alpha value is -1.08. The highest BCUT2D eigenvalue weighted by Crippen LogP contribution is 2.11. The second-order valence-corrected chi connectivity index (χ2v) is 7.21. The van der Waals surface area contributed by atoms with Crippen LogP contribution in [0.15, 0.2) is 42.5 Å². The van der Waals surface area contributed by atoms with E-state index in [1.54, 1.807) is 0 Å². The second-order valence-electron chi connectivity index (χ2n) is 7.21. The highest BCUT2D eigenvalue weighted by atomic mass is 16.5. The van der Waals surface area contributed by atoms with Crippen molar-refractivity contribution in [2.24, 2.45) is 0 Å². The zero-order valence-electron chi connectivity index (χ0n) is 16.7. The lowest BCUT2D eigenvalue weighted by Crippen LogP contribution is -2.05. The van der Waals surface area contributed by atoms with Gasteiger partial charge in [0, 0.05) is 6.61 Å². The van der Waals surface area contributed by atoms with Gasteiger partial charge < -0.3 is 4.74 Å². The molecule has 0 amide bonds. The highest BCUT2D eigenvalue weighted by Gasteiger charge is 1.97. The quantitative estimate of drug-likeness (QED) is 0.223. The minimum atomic E-state index is 0.245. The number of allylic oxidation sites excluding steroid dienone is 1. The van der Waals surface area contributed by atoms with Crippen LogP contribution in [0.25, 0.3) is 0 Å². The molecule has 0 aliphatic rings. The molecule has 0 saturated carbocycles. The standard InChI is InChI=1S/C24H40O/c1-3-4-5-6-7-8-9-10-11-17-22-25-23(2)18-15-16-21-24-19-13-12-14-20-24/h12-15,18-20,23H,3-11,16-17,21-22H2,1-2H3/b18-15+. The summed E-state index contributed by atoms with van der Waals surface area (Å²) in [6, 6.07) is 10.7. The normalized spacial score (nSPS) is 12.7. The van der Waals surface area contributed by atoms with Crippen molar-refractivity contribution >= 4 is 0 Å². The van der Waals surface area contributed by atoms with Crippen LogP contribution in [0.4, 0.5) is 0 Å². The van der Waals surface area contributed by atoms with Gasteiger partial charge in [-0.2, -0.15) is 0 Å². The molecule has 0 aliphatic carbocycles. The largest absolute Gasteiger partial charge is 0.374 e. The number of aryl methyl sites for hydroxylation is 1. The third-order valence-corrected chi connectivity index (χ3v) is 4.73. The topological polar surface area (TPSA) is 9.23 Å². The van der Waals surface area contributed by atoms with E-state index in [0.717, 1.165) is 19.4 Å². The molecule has 0 aliphatic heterocycles. The summed E-state index contributed by atoms with van der Waals surface area (Å²) in [5.74, 6) is 0. The Morgan fingerprint density at radius 1 is 0.840 bits per heavy atom. The van der Waals surface area contributed by atoms with Crippen LogP contribution in [0.3, 0.4) is 0 Å². The molecule has 0 bridgehead atoms. The Kier molecular flexibility index (Phi) is 14.4. The molecule has 25 heavy (non-hydrogen) atoms. The summed E-state index contributed by atoms with van der Waals surface area (Å²) in [6.07, 6.45) is 20.7. The SMILES string of the molecule is CCCCCCCCCCCCOC(C)/C=C/CCc1ccccc1. The maximum Gasteiger partial charge on any atom is 0.0727 e. The zero-order valence-corrected chi connectivity index (χ0v) is 16.7. The van der Waals surface area contributed by atoms with Crippen LogP contribution in [-0.2, 0) is 11.2 Å². The van der Waals surface area contributed by atoms with Gasteiger partial charge in [0.25, 0.3) is 0 Å². The number of benzene rings is 1. The molecule has 1 unspecified atom stereocenters. The molecule has 1 aromatic carbocycles. The first-order chi connectivity index (χ1) is 12.3. The van der Waals surface area contributed by atoms with Crippen LogP contribution in [0, 0.1) is 0 Å². The molecule has 1 nitrogen and oxygen atoms in total. The van der Waals surface area contributed by atoms with E-state index in [2.05, 4.69) is 56.3 Å². The third-order valence-electron chi connectivity index (χ3n) is 4.73. The molecular formula is C24H40O. The van der Waals surface area contributed by atoms with Crippen LogP contribution >= 0.6 is 0 Å². The van der Waals surface area contributed by atoms with Gasteiger partial charge in [0.1, 0.15) is 0 Å². The van der Waals surface area contributed by atoms with E-state index in [0.29, 0.717) is 0 Å². The molecule has 0 heterocycles. The molecule has 0 aromatic heterocycles. The molecular weight excluding hydrogens is 304 g/mol. The van der Waals surface area contributed by atoms with E-state index in [1.165, 1.54) is 69.8 Å². The van der Waals surface area contributed by atoms with Gasteiger partial charge in [0.15, 0.2) is 0 Å². The van der Waals surface area contributed by atoms with Gasteiger partial charge in [-0.3, -0.25) is 0 Å². The van der Waals surface area contributed by atoms with Gasteiger partial charge in [-0.1, -0.05) is 107 Å². The maximum atomic E-state index is 5.88. The number of rotatable bonds is 16. The van der Waals surface area contributed by atoms with E-state index in [4.69, 9.17) is 4.74 Å². The average molecular weight is 345 g/mol. The number of hydrogen-bond acceptors (Lipinski definition) is 1. The average Bonchev–Trinajstić information content (AvgIpc) is 2.64. The van der Waals surface area contributed by atoms with E-state index < -0.39 is 0 Å². The fourth-order valence-corrected chi connectivity index (χ4v) is 3.10. The van der Waals surface area contributed by atoms with Crippen molar-refractivity contribution in [2.75, 3.05) is 6.61 Å². The molecule has 0 spiro atoms. The summed E-state index contributed by atoms with van der Waals surface area (Å²) in [5.41, 5.74) is 1.41. The second kappa shape index (κ2) is 16.4. The Balaban J connectivity index is 1.86. The van der Waals surface area contributed by atoms with Crippen molar-refractivity contribution < 1.29 is 4.74 Å². The fourth-order valence-electron chi connectivity index (χ4n) is 3.10. The minimum absolute atomic E-state index is 0.245. The summed E-state index contributed by atoms with van der Waals surface area (Å²) in [7, 11) is 0. The summed E-state index contributed by atoms with van der Waals surface area (Å²) in [6.45, 7) is 5.33. The Labute approximate surface area is 156 Å². The lowest BCUT2D eigenvalue weighted by molar-refractivity contribution is 0.0937. The Bertz CT molecular complexity index is 409. The van der Waals surface area contributed by atoms with E-state index in [1.807, 2.05) is 0 Å². The Morgan fingerprint density at radius 3 is 2.08 bits per heavy atom. The predicted octanol–water partition coefficient (Wildman–Crippen LogP) is 7.50. The van der Waals surface area contributed by atoms with E-state index >= 15 is 0 Å². The van der Waals surface area contributed by atoms with Gasteiger partial charge in [0.05, 0.1) is 6.10 Å². The molecule has 0 fully saturated rings. The molecule has 1 atom stereocenters. The lowest BCUT2D eigenvalue weighted by Gasteiger charge is -2.08. The van der Waals surface area contributed by atoms with Crippen molar-refractivity contribution in [3.63, 3.8) is 0 Å². The molecule has 1 rings (SSSR count). The molecule has 1 aromatic rings. The summed E-state index contributed by atoms with van der Waals surface area (Å²) in [4.78, 5) is 0. The highest BCUT2D eigenvalue weighted by molar-refractivity contribution is 5.15. The van der Waals surface area contributed by atoms with Crippen LogP contribution < -0.4 is 0 Å². The summed E-state index contributed by atoms with van der Waals surface area (Å²) < 4.78 is 5.88. The monoisotopic (exact) mass is 344 g/mol. The van der Waals surface area contributed by atoms with Gasteiger partial charge in [0.2, 0.25) is 0 Å². The fraction of sp³-hybridized carbons (Fsp3) is 0.667. The van der Waals surface area contributed by atoms with Crippen molar-refractivity contribution in [3.8, 4) is 0 Å².